The van der Waals surface area contributed by atoms with Crippen molar-refractivity contribution in [1.29, 1.82) is 0 Å². The molecule has 3 unspecified atom stereocenters. The molecular formula is C47H83N2O6P. The van der Waals surface area contributed by atoms with Gasteiger partial charge in [-0.05, 0) is 70.6 Å². The number of carbonyl (C=O) groups is 1. The molecule has 3 atom stereocenters. The number of nitrogens with zero attached hydrogens (tertiary/aromatic N) is 1. The summed E-state index contributed by atoms with van der Waals surface area (Å²) in [5, 5.41) is 13.7. The molecule has 0 saturated carbocycles. The Morgan fingerprint density at radius 3 is 1.66 bits per heavy atom. The van der Waals surface area contributed by atoms with Crippen LogP contribution in [0.25, 0.3) is 0 Å². The molecule has 0 spiro atoms. The molecule has 0 rings (SSSR count). The van der Waals surface area contributed by atoms with Gasteiger partial charge < -0.3 is 28.8 Å². The quantitative estimate of drug-likeness (QED) is 0.0279. The zero-order valence-electron chi connectivity index (χ0n) is 36.3. The van der Waals surface area contributed by atoms with E-state index in [9.17, 15) is 19.4 Å². The number of hydrogen-bond donors (Lipinski definition) is 2. The Balaban J connectivity index is 4.62. The highest BCUT2D eigenvalue weighted by Gasteiger charge is 2.23. The Bertz CT molecular complexity index is 1180. The van der Waals surface area contributed by atoms with E-state index in [1.807, 2.05) is 27.2 Å². The molecule has 0 aromatic carbocycles. The number of likely N-dealkylation sites (N-methyl/N-ethyl adjacent to an activating group) is 1. The fourth-order valence-corrected chi connectivity index (χ4v) is 6.34. The number of phosphoric ester groups is 1. The van der Waals surface area contributed by atoms with Crippen molar-refractivity contribution in [2.45, 2.75) is 167 Å². The van der Waals surface area contributed by atoms with Crippen molar-refractivity contribution >= 4 is 13.7 Å². The van der Waals surface area contributed by atoms with Crippen LogP contribution in [0.4, 0.5) is 0 Å². The van der Waals surface area contributed by atoms with E-state index in [2.05, 4.69) is 92.1 Å². The summed E-state index contributed by atoms with van der Waals surface area (Å²) in [5.74, 6) is -0.268. The zero-order chi connectivity index (χ0) is 41.4. The first-order valence-corrected chi connectivity index (χ1v) is 23.4. The monoisotopic (exact) mass is 803 g/mol. The smallest absolute Gasteiger partial charge is 0.268 e. The fourth-order valence-electron chi connectivity index (χ4n) is 5.61. The molecule has 56 heavy (non-hydrogen) atoms. The lowest BCUT2D eigenvalue weighted by molar-refractivity contribution is -0.870. The fraction of sp³-hybridized carbons (Fsp3) is 0.681. The van der Waals surface area contributed by atoms with Gasteiger partial charge in [-0.2, -0.15) is 0 Å². The maximum absolute atomic E-state index is 12.8. The number of aliphatic hydroxyl groups excluding tert-OH is 1. The van der Waals surface area contributed by atoms with Crippen LogP contribution < -0.4 is 10.2 Å². The van der Waals surface area contributed by atoms with Crippen LogP contribution in [0, 0.1) is 0 Å². The molecule has 1 amide bonds. The summed E-state index contributed by atoms with van der Waals surface area (Å²) in [6.07, 6.45) is 52.1. The Morgan fingerprint density at radius 1 is 0.643 bits per heavy atom. The molecule has 0 radical (unpaired) electrons. The Hall–Kier alpha value is -2.32. The number of phosphoric acid groups is 1. The number of quaternary nitrogens is 1. The molecule has 322 valence electrons. The van der Waals surface area contributed by atoms with E-state index in [1.165, 1.54) is 70.6 Å². The van der Waals surface area contributed by atoms with Crippen LogP contribution in [0.5, 0.6) is 0 Å². The minimum Gasteiger partial charge on any atom is -0.756 e. The van der Waals surface area contributed by atoms with Gasteiger partial charge in [0, 0.05) is 6.42 Å². The molecule has 0 aliphatic carbocycles. The number of hydrogen-bond acceptors (Lipinski definition) is 6. The third-order valence-corrected chi connectivity index (χ3v) is 10.1. The Morgan fingerprint density at radius 2 is 1.11 bits per heavy atom. The third-order valence-electron chi connectivity index (χ3n) is 9.09. The van der Waals surface area contributed by atoms with E-state index in [4.69, 9.17) is 9.05 Å². The largest absolute Gasteiger partial charge is 0.756 e. The lowest BCUT2D eigenvalue weighted by Crippen LogP contribution is -2.45. The number of nitrogens with one attached hydrogen (secondary N) is 1. The van der Waals surface area contributed by atoms with Crippen molar-refractivity contribution in [3.8, 4) is 0 Å². The number of unbranched alkanes of at least 4 members (excludes halogenated alkanes) is 13. The average molecular weight is 803 g/mol. The van der Waals surface area contributed by atoms with Crippen LogP contribution >= 0.6 is 7.82 Å². The lowest BCUT2D eigenvalue weighted by atomic mass is 10.1. The molecule has 0 aromatic heterocycles. The first kappa shape index (κ1) is 53.7. The number of aliphatic hydroxyl groups is 1. The first-order valence-electron chi connectivity index (χ1n) is 21.9. The van der Waals surface area contributed by atoms with Gasteiger partial charge in [-0.25, -0.2) is 0 Å². The topological polar surface area (TPSA) is 108 Å². The van der Waals surface area contributed by atoms with Gasteiger partial charge in [0.2, 0.25) is 5.91 Å². The zero-order valence-corrected chi connectivity index (χ0v) is 37.2. The second-order valence-corrected chi connectivity index (χ2v) is 17.1. The molecule has 0 aromatic rings. The summed E-state index contributed by atoms with van der Waals surface area (Å²) in [4.78, 5) is 25.3. The van der Waals surface area contributed by atoms with Crippen molar-refractivity contribution in [2.75, 3.05) is 40.9 Å². The molecule has 2 N–H and O–H groups in total. The molecule has 0 bridgehead atoms. The van der Waals surface area contributed by atoms with Crippen LogP contribution in [-0.2, 0) is 18.4 Å². The first-order chi connectivity index (χ1) is 27.0. The van der Waals surface area contributed by atoms with Gasteiger partial charge in [-0.3, -0.25) is 9.36 Å². The molecular weight excluding hydrogens is 719 g/mol. The van der Waals surface area contributed by atoms with E-state index < -0.39 is 26.6 Å². The van der Waals surface area contributed by atoms with Crippen molar-refractivity contribution in [3.05, 3.63) is 85.1 Å². The molecule has 0 fully saturated rings. The van der Waals surface area contributed by atoms with E-state index in [0.29, 0.717) is 17.4 Å². The van der Waals surface area contributed by atoms with Gasteiger partial charge in [-0.15, -0.1) is 0 Å². The highest BCUT2D eigenvalue weighted by molar-refractivity contribution is 7.45. The van der Waals surface area contributed by atoms with Crippen molar-refractivity contribution in [2.24, 2.45) is 0 Å². The molecule has 8 nitrogen and oxygen atoms in total. The molecule has 9 heteroatoms. The molecule has 0 heterocycles. The number of carbonyl (C=O) groups excluding carboxylic acids is 1. The Kier molecular flexibility index (Phi) is 36.6. The Labute approximate surface area is 344 Å². The third kappa shape index (κ3) is 39.9. The summed E-state index contributed by atoms with van der Waals surface area (Å²) in [6.45, 7) is 4.44. The second-order valence-electron chi connectivity index (χ2n) is 15.7. The van der Waals surface area contributed by atoms with Crippen LogP contribution in [-0.4, -0.2) is 68.5 Å². The van der Waals surface area contributed by atoms with Gasteiger partial charge in [0.25, 0.3) is 7.82 Å². The minimum absolute atomic E-state index is 0.0215. The summed E-state index contributed by atoms with van der Waals surface area (Å²) < 4.78 is 23.1. The van der Waals surface area contributed by atoms with E-state index in [1.54, 1.807) is 6.08 Å². The normalized spacial score (nSPS) is 15.2. The number of allylic oxidation sites excluding steroid dienone is 13. The van der Waals surface area contributed by atoms with Crippen LogP contribution in [0.2, 0.25) is 0 Å². The highest BCUT2D eigenvalue weighted by atomic mass is 31.2. The molecule has 0 aliphatic rings. The lowest BCUT2D eigenvalue weighted by Gasteiger charge is -2.29. The van der Waals surface area contributed by atoms with Crippen molar-refractivity contribution < 1.29 is 32.9 Å². The molecule has 0 saturated heterocycles. The van der Waals surface area contributed by atoms with Gasteiger partial charge in [0.15, 0.2) is 0 Å². The number of rotatable bonds is 38. The van der Waals surface area contributed by atoms with Gasteiger partial charge in [0.1, 0.15) is 13.2 Å². The van der Waals surface area contributed by atoms with Crippen molar-refractivity contribution in [3.63, 3.8) is 0 Å². The van der Waals surface area contributed by atoms with E-state index >= 15 is 0 Å². The van der Waals surface area contributed by atoms with Crippen molar-refractivity contribution in [1.82, 2.24) is 5.32 Å². The summed E-state index contributed by atoms with van der Waals surface area (Å²) in [5.41, 5.74) is 0. The maximum Gasteiger partial charge on any atom is 0.268 e. The second kappa shape index (κ2) is 38.2. The molecule has 0 aliphatic heterocycles. The number of amides is 1. The summed E-state index contributed by atoms with van der Waals surface area (Å²) in [7, 11) is 1.19. The van der Waals surface area contributed by atoms with Gasteiger partial charge >= 0.3 is 0 Å². The summed E-state index contributed by atoms with van der Waals surface area (Å²) >= 11 is 0. The minimum atomic E-state index is -4.62. The van der Waals surface area contributed by atoms with Gasteiger partial charge in [-0.1, -0.05) is 163 Å². The van der Waals surface area contributed by atoms with E-state index in [0.717, 1.165) is 57.8 Å². The van der Waals surface area contributed by atoms with Crippen LogP contribution in [0.15, 0.2) is 85.1 Å². The standard InChI is InChI=1S/C47H83N2O6P/c1-6-8-10-12-14-16-18-20-22-24-26-28-30-32-34-36-38-40-46(50)45(44-55-56(52,53)54-43-42-49(3,4)5)48-47(51)41-39-37-35-33-31-29-27-25-23-21-19-17-15-13-11-9-7-2/h9,11,15,17,21,23,27,29-30,32-33,35,38,40,45-46,50H,6-8,10,12-14,16,18-20,22,24-26,28,31,34,36-37,39,41-44H2,1-5H3,(H-,48,51,52,53)/b11-9-,17-15-,23-21-,29-27-,32-30+,35-33-,40-38+. The summed E-state index contributed by atoms with van der Waals surface area (Å²) in [6, 6.07) is -0.937. The van der Waals surface area contributed by atoms with Crippen LogP contribution in [0.3, 0.4) is 0 Å². The predicted octanol–water partition coefficient (Wildman–Crippen LogP) is 11.6. The predicted molar refractivity (Wildman–Crippen MR) is 237 cm³/mol. The highest BCUT2D eigenvalue weighted by Crippen LogP contribution is 2.38. The van der Waals surface area contributed by atoms with Gasteiger partial charge in [0.05, 0.1) is 39.9 Å². The maximum atomic E-state index is 12.8. The average Bonchev–Trinajstić information content (AvgIpc) is 3.15. The van der Waals surface area contributed by atoms with Crippen LogP contribution in [0.1, 0.15) is 155 Å². The SMILES string of the molecule is CC/C=C\C/C=C\C/C=C\C/C=C\C/C=C\CCCC(=O)NC(COP(=O)([O-])OCC[N+](C)(C)C)C(O)/C=C/CC/C=C/CCCCCCCCCCCCC. The van der Waals surface area contributed by atoms with E-state index in [-0.39, 0.29) is 18.9 Å².